The highest BCUT2D eigenvalue weighted by molar-refractivity contribution is 9.10. The number of aromatic nitrogens is 2. The summed E-state index contributed by atoms with van der Waals surface area (Å²) in [6.45, 7) is 2.00. The topological polar surface area (TPSA) is 78.3 Å². The molecule has 5 nitrogen and oxygen atoms in total. The molecule has 0 aliphatic rings. The highest BCUT2D eigenvalue weighted by Gasteiger charge is 2.07. The Labute approximate surface area is 119 Å². The van der Waals surface area contributed by atoms with Crippen molar-refractivity contribution in [2.45, 2.75) is 19.4 Å². The van der Waals surface area contributed by atoms with Gasteiger partial charge in [-0.3, -0.25) is 0 Å². The summed E-state index contributed by atoms with van der Waals surface area (Å²) in [6, 6.07) is 4.91. The number of phenolic OH excluding ortho intramolecular Hbond substituents is 2. The van der Waals surface area contributed by atoms with E-state index in [0.717, 1.165) is 10.0 Å². The molecule has 19 heavy (non-hydrogen) atoms. The number of nitrogens with one attached hydrogen (secondary N) is 1. The van der Waals surface area contributed by atoms with Gasteiger partial charge in [0.2, 0.25) is 5.95 Å². The molecule has 0 spiro atoms. The normalized spacial score (nSPS) is 12.1. The molecule has 0 amide bonds. The van der Waals surface area contributed by atoms with Crippen molar-refractivity contribution in [3.05, 3.63) is 40.6 Å². The van der Waals surface area contributed by atoms with E-state index in [4.69, 9.17) is 0 Å². The van der Waals surface area contributed by atoms with E-state index < -0.39 is 0 Å². The van der Waals surface area contributed by atoms with Crippen LogP contribution in [0.5, 0.6) is 11.5 Å². The summed E-state index contributed by atoms with van der Waals surface area (Å²) < 4.78 is 0.828. The maximum absolute atomic E-state index is 9.43. The highest BCUT2D eigenvalue weighted by Crippen LogP contribution is 2.25. The summed E-state index contributed by atoms with van der Waals surface area (Å²) in [5.41, 5.74) is 0.924. The number of nitrogens with zero attached hydrogens (tertiary/aromatic N) is 2. The van der Waals surface area contributed by atoms with Gasteiger partial charge in [-0.1, -0.05) is 6.07 Å². The zero-order valence-electron chi connectivity index (χ0n) is 10.3. The third kappa shape index (κ3) is 3.82. The minimum Gasteiger partial charge on any atom is -0.504 e. The van der Waals surface area contributed by atoms with Crippen LogP contribution < -0.4 is 5.32 Å². The predicted molar refractivity (Wildman–Crippen MR) is 76.3 cm³/mol. The Hall–Kier alpha value is -1.82. The van der Waals surface area contributed by atoms with Crippen LogP contribution in [0.1, 0.15) is 12.5 Å². The summed E-state index contributed by atoms with van der Waals surface area (Å²) in [5, 5.41) is 21.8. The second-order valence-corrected chi connectivity index (χ2v) is 5.21. The largest absolute Gasteiger partial charge is 0.504 e. The number of benzene rings is 1. The van der Waals surface area contributed by atoms with Crippen molar-refractivity contribution in [1.29, 1.82) is 0 Å². The molecule has 1 heterocycles. The van der Waals surface area contributed by atoms with E-state index in [-0.39, 0.29) is 17.5 Å². The monoisotopic (exact) mass is 323 g/mol. The smallest absolute Gasteiger partial charge is 0.222 e. The van der Waals surface area contributed by atoms with Crippen LogP contribution in [-0.4, -0.2) is 26.2 Å². The fraction of sp³-hybridized carbons (Fsp3) is 0.231. The van der Waals surface area contributed by atoms with Crippen LogP contribution in [0.25, 0.3) is 0 Å². The fourth-order valence-electron chi connectivity index (χ4n) is 1.71. The number of halogens is 1. The van der Waals surface area contributed by atoms with E-state index >= 15 is 0 Å². The summed E-state index contributed by atoms with van der Waals surface area (Å²) in [5.74, 6) is 0.337. The molecule has 1 aromatic carbocycles. The maximum atomic E-state index is 9.43. The molecular formula is C13H14BrN3O2. The third-order valence-corrected chi connectivity index (χ3v) is 2.99. The molecule has 100 valence electrons. The Morgan fingerprint density at radius 2 is 1.89 bits per heavy atom. The highest BCUT2D eigenvalue weighted by atomic mass is 79.9. The van der Waals surface area contributed by atoms with Gasteiger partial charge >= 0.3 is 0 Å². The van der Waals surface area contributed by atoms with Crippen molar-refractivity contribution in [3.8, 4) is 11.5 Å². The van der Waals surface area contributed by atoms with Crippen molar-refractivity contribution < 1.29 is 10.2 Å². The minimum absolute atomic E-state index is 0.102. The van der Waals surface area contributed by atoms with E-state index in [9.17, 15) is 10.2 Å². The first kappa shape index (κ1) is 13.6. The molecule has 0 bridgehead atoms. The average molecular weight is 324 g/mol. The van der Waals surface area contributed by atoms with Crippen LogP contribution in [0.3, 0.4) is 0 Å². The van der Waals surface area contributed by atoms with Crippen LogP contribution in [0.4, 0.5) is 5.95 Å². The molecule has 1 atom stereocenters. The second-order valence-electron chi connectivity index (χ2n) is 4.30. The zero-order valence-corrected chi connectivity index (χ0v) is 11.9. The first-order valence-corrected chi connectivity index (χ1v) is 6.59. The summed E-state index contributed by atoms with van der Waals surface area (Å²) >= 11 is 3.28. The molecule has 2 aromatic rings. The Kier molecular flexibility index (Phi) is 4.21. The molecule has 0 saturated carbocycles. The number of hydrogen-bond acceptors (Lipinski definition) is 5. The van der Waals surface area contributed by atoms with E-state index in [1.807, 2.05) is 6.92 Å². The van der Waals surface area contributed by atoms with Crippen LogP contribution in [0.2, 0.25) is 0 Å². The molecule has 0 unspecified atom stereocenters. The number of aromatic hydroxyl groups is 2. The van der Waals surface area contributed by atoms with Gasteiger partial charge in [0, 0.05) is 18.4 Å². The third-order valence-electron chi connectivity index (χ3n) is 2.58. The van der Waals surface area contributed by atoms with Gasteiger partial charge in [-0.2, -0.15) is 0 Å². The summed E-state index contributed by atoms with van der Waals surface area (Å²) in [6.07, 6.45) is 4.04. The van der Waals surface area contributed by atoms with Crippen molar-refractivity contribution in [1.82, 2.24) is 9.97 Å². The summed E-state index contributed by atoms with van der Waals surface area (Å²) in [7, 11) is 0. The molecule has 0 fully saturated rings. The lowest BCUT2D eigenvalue weighted by molar-refractivity contribution is 0.403. The SMILES string of the molecule is C[C@H](Cc1ccc(O)c(O)c1)Nc1ncc(Br)cn1. The van der Waals surface area contributed by atoms with E-state index in [1.54, 1.807) is 24.5 Å². The Balaban J connectivity index is 1.98. The molecule has 2 rings (SSSR count). The van der Waals surface area contributed by atoms with Crippen molar-refractivity contribution in [2.75, 3.05) is 5.32 Å². The molecule has 1 aromatic heterocycles. The van der Waals surface area contributed by atoms with E-state index in [1.165, 1.54) is 6.07 Å². The minimum atomic E-state index is -0.111. The van der Waals surface area contributed by atoms with E-state index in [0.29, 0.717) is 12.4 Å². The number of rotatable bonds is 4. The van der Waals surface area contributed by atoms with Gasteiger partial charge in [0.05, 0.1) is 4.47 Å². The van der Waals surface area contributed by atoms with Crippen LogP contribution in [0, 0.1) is 0 Å². The predicted octanol–water partition coefficient (Wildman–Crippen LogP) is 2.69. The Morgan fingerprint density at radius 1 is 1.21 bits per heavy atom. The lowest BCUT2D eigenvalue weighted by Gasteiger charge is -2.14. The summed E-state index contributed by atoms with van der Waals surface area (Å²) in [4.78, 5) is 8.27. The molecule has 0 aliphatic heterocycles. The first-order valence-electron chi connectivity index (χ1n) is 5.79. The number of phenols is 2. The van der Waals surface area contributed by atoms with Crippen LogP contribution >= 0.6 is 15.9 Å². The molecule has 0 aliphatic carbocycles. The van der Waals surface area contributed by atoms with Crippen LogP contribution in [-0.2, 0) is 6.42 Å². The zero-order chi connectivity index (χ0) is 13.8. The van der Waals surface area contributed by atoms with Gasteiger partial charge in [-0.15, -0.1) is 0 Å². The quantitative estimate of drug-likeness (QED) is 0.754. The van der Waals surface area contributed by atoms with Gasteiger partial charge in [0.1, 0.15) is 0 Å². The number of anilines is 1. The van der Waals surface area contributed by atoms with Gasteiger partial charge in [0.25, 0.3) is 0 Å². The second kappa shape index (κ2) is 5.88. The lowest BCUT2D eigenvalue weighted by atomic mass is 10.1. The van der Waals surface area contributed by atoms with Crippen LogP contribution in [0.15, 0.2) is 35.1 Å². The molecule has 3 N–H and O–H groups in total. The van der Waals surface area contributed by atoms with Crippen molar-refractivity contribution >= 4 is 21.9 Å². The molecule has 0 radical (unpaired) electrons. The Morgan fingerprint density at radius 3 is 2.53 bits per heavy atom. The Bertz CT molecular complexity index is 560. The van der Waals surface area contributed by atoms with E-state index in [2.05, 4.69) is 31.2 Å². The molecule has 6 heteroatoms. The standard InChI is InChI=1S/C13H14BrN3O2/c1-8(17-13-15-6-10(14)7-16-13)4-9-2-3-11(18)12(19)5-9/h2-3,5-8,18-19H,4H2,1H3,(H,15,16,17)/t8-/m1/s1. The fourth-order valence-corrected chi connectivity index (χ4v) is 1.91. The van der Waals surface area contributed by atoms with Gasteiger partial charge in [-0.25, -0.2) is 9.97 Å². The number of hydrogen-bond donors (Lipinski definition) is 3. The molecular weight excluding hydrogens is 310 g/mol. The first-order chi connectivity index (χ1) is 9.04. The van der Waals surface area contributed by atoms with Crippen molar-refractivity contribution in [3.63, 3.8) is 0 Å². The van der Waals surface area contributed by atoms with Gasteiger partial charge in [-0.05, 0) is 47.0 Å². The van der Waals surface area contributed by atoms with Gasteiger partial charge in [0.15, 0.2) is 11.5 Å². The van der Waals surface area contributed by atoms with Gasteiger partial charge < -0.3 is 15.5 Å². The average Bonchev–Trinajstić information content (AvgIpc) is 2.37. The molecule has 0 saturated heterocycles. The maximum Gasteiger partial charge on any atom is 0.222 e. The lowest BCUT2D eigenvalue weighted by Crippen LogP contribution is -2.19. The van der Waals surface area contributed by atoms with Crippen molar-refractivity contribution in [2.24, 2.45) is 0 Å².